The summed E-state index contributed by atoms with van der Waals surface area (Å²) >= 11 is 0. The number of hydrogen-bond donors (Lipinski definition) is 1. The molecule has 1 N–H and O–H groups in total. The number of benzene rings is 2. The normalized spacial score (nSPS) is 12.2. The Morgan fingerprint density at radius 2 is 1.70 bits per heavy atom. The highest BCUT2D eigenvalue weighted by Crippen LogP contribution is 2.30. The van der Waals surface area contributed by atoms with E-state index < -0.39 is 11.9 Å². The molecule has 0 bridgehead atoms. The van der Waals surface area contributed by atoms with Crippen molar-refractivity contribution in [3.05, 3.63) is 71.9 Å². The fraction of sp³-hybridized carbons (Fsp3) is 0.158. The maximum absolute atomic E-state index is 12.4. The minimum Gasteiger partial charge on any atom is -0.481 e. The fourth-order valence-electron chi connectivity index (χ4n) is 2.91. The Kier molecular flexibility index (Phi) is 3.98. The quantitative estimate of drug-likeness (QED) is 0.732. The van der Waals surface area contributed by atoms with Gasteiger partial charge in [0, 0.05) is 36.1 Å². The van der Waals surface area contributed by atoms with E-state index in [0.717, 1.165) is 10.9 Å². The molecule has 23 heavy (non-hydrogen) atoms. The molecule has 1 heterocycles. The third-order valence-electron chi connectivity index (χ3n) is 4.09. The summed E-state index contributed by atoms with van der Waals surface area (Å²) in [5.41, 5.74) is 2.18. The number of nitrogens with zero attached hydrogens (tertiary/aromatic N) is 1. The van der Waals surface area contributed by atoms with Crippen LogP contribution in [0.1, 0.15) is 28.3 Å². The molecule has 0 radical (unpaired) electrons. The van der Waals surface area contributed by atoms with Gasteiger partial charge in [-0.3, -0.25) is 9.59 Å². The summed E-state index contributed by atoms with van der Waals surface area (Å²) in [6, 6.07) is 16.4. The zero-order valence-electron chi connectivity index (χ0n) is 12.8. The first-order valence-corrected chi connectivity index (χ1v) is 7.43. The molecule has 4 nitrogen and oxygen atoms in total. The van der Waals surface area contributed by atoms with E-state index in [2.05, 4.69) is 0 Å². The van der Waals surface area contributed by atoms with Crippen LogP contribution >= 0.6 is 0 Å². The zero-order valence-corrected chi connectivity index (χ0v) is 12.8. The number of fused-ring (bicyclic) bond motifs is 1. The molecule has 0 aliphatic carbocycles. The molecule has 1 aromatic heterocycles. The van der Waals surface area contributed by atoms with Crippen LogP contribution in [-0.2, 0) is 11.8 Å². The monoisotopic (exact) mass is 307 g/mol. The van der Waals surface area contributed by atoms with Gasteiger partial charge in [0.15, 0.2) is 5.78 Å². The topological polar surface area (TPSA) is 59.3 Å². The van der Waals surface area contributed by atoms with E-state index in [1.54, 1.807) is 24.3 Å². The molecule has 4 heteroatoms. The number of aromatic nitrogens is 1. The number of Topliss-reactive ketones (excluding diaryl/α,β-unsaturated/α-hetero) is 1. The van der Waals surface area contributed by atoms with Crippen LogP contribution in [-0.4, -0.2) is 21.4 Å². The molecule has 1 atom stereocenters. The average Bonchev–Trinajstić information content (AvgIpc) is 2.90. The predicted octanol–water partition coefficient (Wildman–Crippen LogP) is 3.62. The van der Waals surface area contributed by atoms with Crippen LogP contribution < -0.4 is 0 Å². The van der Waals surface area contributed by atoms with Gasteiger partial charge in [0.2, 0.25) is 0 Å². The molecule has 0 aliphatic heterocycles. The van der Waals surface area contributed by atoms with Gasteiger partial charge < -0.3 is 9.67 Å². The number of hydrogen-bond acceptors (Lipinski definition) is 2. The van der Waals surface area contributed by atoms with E-state index >= 15 is 0 Å². The van der Waals surface area contributed by atoms with Gasteiger partial charge >= 0.3 is 5.97 Å². The second-order valence-electron chi connectivity index (χ2n) is 5.60. The summed E-state index contributed by atoms with van der Waals surface area (Å²) in [4.78, 5) is 24.2. The van der Waals surface area contributed by atoms with Crippen molar-refractivity contribution in [1.29, 1.82) is 0 Å². The highest BCUT2D eigenvalue weighted by Gasteiger charge is 2.26. The highest BCUT2D eigenvalue weighted by molar-refractivity contribution is 6.00. The minimum absolute atomic E-state index is 0.0483. The second-order valence-corrected chi connectivity index (χ2v) is 5.60. The van der Waals surface area contributed by atoms with E-state index in [9.17, 15) is 14.7 Å². The average molecular weight is 307 g/mol. The summed E-state index contributed by atoms with van der Waals surface area (Å²) in [7, 11) is 1.88. The molecule has 0 spiro atoms. The van der Waals surface area contributed by atoms with Gasteiger partial charge in [0.25, 0.3) is 0 Å². The van der Waals surface area contributed by atoms with Crippen LogP contribution in [0.4, 0.5) is 0 Å². The zero-order chi connectivity index (χ0) is 16.4. The molecule has 0 amide bonds. The van der Waals surface area contributed by atoms with Crippen LogP contribution in [0.25, 0.3) is 10.9 Å². The molecule has 0 fully saturated rings. The van der Waals surface area contributed by atoms with Crippen molar-refractivity contribution in [2.24, 2.45) is 7.05 Å². The highest BCUT2D eigenvalue weighted by atomic mass is 16.4. The van der Waals surface area contributed by atoms with Crippen molar-refractivity contribution in [2.75, 3.05) is 0 Å². The first-order chi connectivity index (χ1) is 11.1. The number of carbonyl (C=O) groups is 2. The van der Waals surface area contributed by atoms with Gasteiger partial charge in [0.1, 0.15) is 0 Å². The number of aliphatic carboxylic acids is 1. The van der Waals surface area contributed by atoms with Gasteiger partial charge in [-0.1, -0.05) is 48.5 Å². The van der Waals surface area contributed by atoms with E-state index in [1.165, 1.54) is 0 Å². The van der Waals surface area contributed by atoms with Crippen molar-refractivity contribution >= 4 is 22.7 Å². The number of rotatable bonds is 5. The van der Waals surface area contributed by atoms with Crippen LogP contribution in [0, 0.1) is 0 Å². The number of carbonyl (C=O) groups excluding carboxylic acids is 1. The first kappa shape index (κ1) is 15.0. The smallest absolute Gasteiger partial charge is 0.311 e. The Morgan fingerprint density at radius 1 is 1.04 bits per heavy atom. The summed E-state index contributed by atoms with van der Waals surface area (Å²) < 4.78 is 1.90. The summed E-state index contributed by atoms with van der Waals surface area (Å²) in [6.07, 6.45) is 1.76. The molecule has 0 saturated heterocycles. The van der Waals surface area contributed by atoms with Crippen molar-refractivity contribution in [3.63, 3.8) is 0 Å². The lowest BCUT2D eigenvalue weighted by Gasteiger charge is -2.11. The Balaban J connectivity index is 1.99. The molecular weight excluding hydrogens is 290 g/mol. The van der Waals surface area contributed by atoms with E-state index in [4.69, 9.17) is 0 Å². The lowest BCUT2D eigenvalue weighted by atomic mass is 9.91. The Hall–Kier alpha value is -2.88. The summed E-state index contributed by atoms with van der Waals surface area (Å²) in [5.74, 6) is -2.00. The minimum atomic E-state index is -0.981. The predicted molar refractivity (Wildman–Crippen MR) is 88.7 cm³/mol. The third kappa shape index (κ3) is 2.88. The maximum atomic E-state index is 12.4. The Bertz CT molecular complexity index is 865. The van der Waals surface area contributed by atoms with Gasteiger partial charge in [-0.05, 0) is 11.6 Å². The molecule has 3 rings (SSSR count). The van der Waals surface area contributed by atoms with Crippen LogP contribution in [0.5, 0.6) is 0 Å². The molecular formula is C19H17NO3. The SMILES string of the molecule is Cn1cc([C@@H](CC(=O)c2ccccc2)C(=O)O)c2ccccc21. The van der Waals surface area contributed by atoms with Crippen molar-refractivity contribution in [2.45, 2.75) is 12.3 Å². The lowest BCUT2D eigenvalue weighted by molar-refractivity contribution is -0.138. The second kappa shape index (κ2) is 6.08. The number of carboxylic acids is 1. The van der Waals surface area contributed by atoms with Crippen molar-refractivity contribution in [1.82, 2.24) is 4.57 Å². The Morgan fingerprint density at radius 3 is 2.39 bits per heavy atom. The summed E-state index contributed by atoms with van der Waals surface area (Å²) in [5, 5.41) is 10.5. The number of carboxylic acid groups (broad SMARTS) is 1. The summed E-state index contributed by atoms with van der Waals surface area (Å²) in [6.45, 7) is 0. The molecule has 0 aliphatic rings. The largest absolute Gasteiger partial charge is 0.481 e. The lowest BCUT2D eigenvalue weighted by Crippen LogP contribution is -2.16. The standard InChI is InChI=1S/C19H17NO3/c1-20-12-16(14-9-5-6-10-17(14)20)15(19(22)23)11-18(21)13-7-3-2-4-8-13/h2-10,12,15H,11H2,1H3,(H,22,23)/t15-/m1/s1. The molecule has 0 unspecified atom stereocenters. The van der Waals surface area contributed by atoms with E-state index in [0.29, 0.717) is 11.1 Å². The third-order valence-corrected chi connectivity index (χ3v) is 4.09. The van der Waals surface area contributed by atoms with Gasteiger partial charge in [-0.15, -0.1) is 0 Å². The molecule has 0 saturated carbocycles. The number of ketones is 1. The molecule has 3 aromatic rings. The fourth-order valence-corrected chi connectivity index (χ4v) is 2.91. The number of para-hydroxylation sites is 1. The van der Waals surface area contributed by atoms with Crippen LogP contribution in [0.3, 0.4) is 0 Å². The van der Waals surface area contributed by atoms with Gasteiger partial charge in [0.05, 0.1) is 5.92 Å². The van der Waals surface area contributed by atoms with Gasteiger partial charge in [-0.25, -0.2) is 0 Å². The van der Waals surface area contributed by atoms with E-state index in [-0.39, 0.29) is 12.2 Å². The van der Waals surface area contributed by atoms with Crippen molar-refractivity contribution in [3.8, 4) is 0 Å². The van der Waals surface area contributed by atoms with E-state index in [1.807, 2.05) is 48.1 Å². The maximum Gasteiger partial charge on any atom is 0.311 e. The molecule has 2 aromatic carbocycles. The first-order valence-electron chi connectivity index (χ1n) is 7.43. The number of aryl methyl sites for hydroxylation is 1. The molecule has 116 valence electrons. The van der Waals surface area contributed by atoms with Gasteiger partial charge in [-0.2, -0.15) is 0 Å². The Labute approximate surface area is 134 Å². The van der Waals surface area contributed by atoms with Crippen molar-refractivity contribution < 1.29 is 14.7 Å². The van der Waals surface area contributed by atoms with Crippen LogP contribution in [0.2, 0.25) is 0 Å². The van der Waals surface area contributed by atoms with Crippen LogP contribution in [0.15, 0.2) is 60.8 Å².